The number of rotatable bonds is 5. The molecule has 0 fully saturated rings. The number of benzene rings is 1. The number of nitrogens with zero attached hydrogens (tertiary/aromatic N) is 3. The van der Waals surface area contributed by atoms with Crippen molar-refractivity contribution in [3.8, 4) is 0 Å². The van der Waals surface area contributed by atoms with Gasteiger partial charge in [-0.1, -0.05) is 36.1 Å². The van der Waals surface area contributed by atoms with Gasteiger partial charge >= 0.3 is 0 Å². The van der Waals surface area contributed by atoms with Crippen LogP contribution in [0.25, 0.3) is 0 Å². The van der Waals surface area contributed by atoms with Crippen molar-refractivity contribution < 1.29 is 9.72 Å². The van der Waals surface area contributed by atoms with Gasteiger partial charge in [-0.2, -0.15) is 0 Å². The Morgan fingerprint density at radius 1 is 1.48 bits per heavy atom. The maximum atomic E-state index is 12.1. The van der Waals surface area contributed by atoms with Gasteiger partial charge in [-0.25, -0.2) is 0 Å². The molecule has 0 aliphatic rings. The van der Waals surface area contributed by atoms with Gasteiger partial charge in [0.25, 0.3) is 11.6 Å². The molecule has 1 aromatic heterocycles. The van der Waals surface area contributed by atoms with Crippen molar-refractivity contribution in [2.75, 3.05) is 11.1 Å². The first-order valence-corrected chi connectivity index (χ1v) is 7.84. The Kier molecular flexibility index (Phi) is 4.86. The fraction of sp³-hybridized carbons (Fsp3) is 0.250. The molecule has 1 amide bonds. The number of amides is 1. The number of nitro groups is 1. The zero-order valence-corrected chi connectivity index (χ0v) is 13.0. The molecule has 7 nitrogen and oxygen atoms in total. The van der Waals surface area contributed by atoms with Crippen LogP contribution in [-0.2, 0) is 0 Å². The molecule has 1 aromatic carbocycles. The van der Waals surface area contributed by atoms with Crippen LogP contribution in [0.2, 0.25) is 0 Å². The van der Waals surface area contributed by atoms with Crippen molar-refractivity contribution >= 4 is 39.8 Å². The molecular weight excluding hydrogens is 312 g/mol. The molecule has 0 saturated carbocycles. The molecule has 1 N–H and O–H groups in total. The van der Waals surface area contributed by atoms with Crippen molar-refractivity contribution in [1.82, 2.24) is 10.2 Å². The molecule has 0 saturated heterocycles. The third kappa shape index (κ3) is 3.76. The van der Waals surface area contributed by atoms with Gasteiger partial charge in [-0.3, -0.25) is 20.2 Å². The minimum absolute atomic E-state index is 0.0814. The van der Waals surface area contributed by atoms with E-state index in [0.29, 0.717) is 10.7 Å². The Hall–Kier alpha value is -2.00. The first-order valence-electron chi connectivity index (χ1n) is 6.04. The maximum Gasteiger partial charge on any atom is 0.273 e. The van der Waals surface area contributed by atoms with Gasteiger partial charge in [0.2, 0.25) is 5.13 Å². The summed E-state index contributed by atoms with van der Waals surface area (Å²) in [5, 5.41) is 21.6. The SMILES string of the molecule is CCSc1nnc(NC(=O)c2ccc(C)c([N+](=O)[O-])c2)s1. The number of nitro benzene ring substituents is 1. The smallest absolute Gasteiger partial charge is 0.273 e. The van der Waals surface area contributed by atoms with Crippen LogP contribution in [0.3, 0.4) is 0 Å². The zero-order chi connectivity index (χ0) is 15.4. The highest BCUT2D eigenvalue weighted by molar-refractivity contribution is 8.01. The lowest BCUT2D eigenvalue weighted by Crippen LogP contribution is -2.12. The topological polar surface area (TPSA) is 98.0 Å². The third-order valence-corrected chi connectivity index (χ3v) is 4.42. The van der Waals surface area contributed by atoms with E-state index < -0.39 is 10.8 Å². The zero-order valence-electron chi connectivity index (χ0n) is 11.3. The second kappa shape index (κ2) is 6.64. The van der Waals surface area contributed by atoms with Crippen molar-refractivity contribution in [3.63, 3.8) is 0 Å². The standard InChI is InChI=1S/C12H12N4O3S2/c1-3-20-12-15-14-11(21-12)13-10(17)8-5-4-7(2)9(6-8)16(18)19/h4-6H,3H2,1-2H3,(H,13,14,17). The number of hydrogen-bond donors (Lipinski definition) is 1. The Morgan fingerprint density at radius 2 is 2.24 bits per heavy atom. The lowest BCUT2D eigenvalue weighted by molar-refractivity contribution is -0.385. The van der Waals surface area contributed by atoms with E-state index in [9.17, 15) is 14.9 Å². The molecule has 0 spiro atoms. The van der Waals surface area contributed by atoms with Gasteiger partial charge in [0.15, 0.2) is 4.34 Å². The molecule has 2 aromatic rings. The molecule has 0 radical (unpaired) electrons. The van der Waals surface area contributed by atoms with Gasteiger partial charge in [0, 0.05) is 17.2 Å². The fourth-order valence-electron chi connectivity index (χ4n) is 1.56. The Bertz CT molecular complexity index is 687. The van der Waals surface area contributed by atoms with E-state index in [4.69, 9.17) is 0 Å². The monoisotopic (exact) mass is 324 g/mol. The molecule has 0 bridgehead atoms. The number of carbonyl (C=O) groups excluding carboxylic acids is 1. The highest BCUT2D eigenvalue weighted by Crippen LogP contribution is 2.26. The number of aryl methyl sites for hydroxylation is 1. The predicted octanol–water partition coefficient (Wildman–Crippen LogP) is 3.12. The van der Waals surface area contributed by atoms with Crippen LogP contribution in [0.5, 0.6) is 0 Å². The van der Waals surface area contributed by atoms with Gasteiger partial charge in [0.05, 0.1) is 4.92 Å². The van der Waals surface area contributed by atoms with Crippen LogP contribution in [0.1, 0.15) is 22.8 Å². The van der Waals surface area contributed by atoms with E-state index >= 15 is 0 Å². The summed E-state index contributed by atoms with van der Waals surface area (Å²) in [6, 6.07) is 4.35. The first kappa shape index (κ1) is 15.4. The molecule has 9 heteroatoms. The molecule has 0 aliphatic heterocycles. The van der Waals surface area contributed by atoms with Crippen LogP contribution >= 0.6 is 23.1 Å². The highest BCUT2D eigenvalue weighted by atomic mass is 32.2. The third-order valence-electron chi connectivity index (χ3n) is 2.56. The van der Waals surface area contributed by atoms with E-state index in [0.717, 1.165) is 10.1 Å². The van der Waals surface area contributed by atoms with Crippen molar-refractivity contribution in [1.29, 1.82) is 0 Å². The second-order valence-corrected chi connectivity index (χ2v) is 6.51. The van der Waals surface area contributed by atoms with Gasteiger partial charge in [-0.05, 0) is 18.7 Å². The molecule has 21 heavy (non-hydrogen) atoms. The van der Waals surface area contributed by atoms with E-state index in [1.165, 1.54) is 29.2 Å². The second-order valence-electron chi connectivity index (χ2n) is 4.02. The summed E-state index contributed by atoms with van der Waals surface area (Å²) in [7, 11) is 0. The Labute approximate surface area is 128 Å². The molecule has 0 unspecified atom stereocenters. The molecule has 1 heterocycles. The lowest BCUT2D eigenvalue weighted by atomic mass is 10.1. The van der Waals surface area contributed by atoms with Crippen molar-refractivity contribution in [2.24, 2.45) is 0 Å². The van der Waals surface area contributed by atoms with E-state index in [2.05, 4.69) is 15.5 Å². The normalized spacial score (nSPS) is 10.4. The number of aromatic nitrogens is 2. The quantitative estimate of drug-likeness (QED) is 0.393. The van der Waals surface area contributed by atoms with E-state index in [-0.39, 0.29) is 11.3 Å². The van der Waals surface area contributed by atoms with Gasteiger partial charge in [-0.15, -0.1) is 10.2 Å². The number of carbonyl (C=O) groups is 1. The summed E-state index contributed by atoms with van der Waals surface area (Å²) in [6.45, 7) is 3.62. The summed E-state index contributed by atoms with van der Waals surface area (Å²) < 4.78 is 0.766. The molecule has 0 aliphatic carbocycles. The average molecular weight is 324 g/mol. The van der Waals surface area contributed by atoms with Crippen molar-refractivity contribution in [2.45, 2.75) is 18.2 Å². The first-order chi connectivity index (χ1) is 10.0. The van der Waals surface area contributed by atoms with E-state index in [1.54, 1.807) is 19.1 Å². The average Bonchev–Trinajstić information content (AvgIpc) is 2.86. The lowest BCUT2D eigenvalue weighted by Gasteiger charge is -2.02. The number of thioether (sulfide) groups is 1. The predicted molar refractivity (Wildman–Crippen MR) is 82.1 cm³/mol. The molecule has 0 atom stereocenters. The Balaban J connectivity index is 2.16. The summed E-state index contributed by atoms with van der Waals surface area (Å²) in [5.41, 5.74) is 0.642. The number of hydrogen-bond acceptors (Lipinski definition) is 7. The van der Waals surface area contributed by atoms with Crippen LogP contribution in [0, 0.1) is 17.0 Å². The van der Waals surface area contributed by atoms with Crippen LogP contribution in [-0.4, -0.2) is 26.8 Å². The van der Waals surface area contributed by atoms with Crippen LogP contribution < -0.4 is 5.32 Å². The fourth-order valence-corrected chi connectivity index (χ4v) is 3.20. The molecule has 2 rings (SSSR count). The van der Waals surface area contributed by atoms with Gasteiger partial charge < -0.3 is 0 Å². The Morgan fingerprint density at radius 3 is 2.90 bits per heavy atom. The molecular formula is C12H12N4O3S2. The summed E-state index contributed by atoms with van der Waals surface area (Å²) in [4.78, 5) is 22.4. The highest BCUT2D eigenvalue weighted by Gasteiger charge is 2.16. The minimum Gasteiger partial charge on any atom is -0.296 e. The number of nitrogens with one attached hydrogen (secondary N) is 1. The largest absolute Gasteiger partial charge is 0.296 e. The summed E-state index contributed by atoms with van der Waals surface area (Å²) in [6.07, 6.45) is 0. The van der Waals surface area contributed by atoms with Crippen LogP contribution in [0.15, 0.2) is 22.5 Å². The molecule has 110 valence electrons. The van der Waals surface area contributed by atoms with E-state index in [1.807, 2.05) is 6.92 Å². The number of anilines is 1. The summed E-state index contributed by atoms with van der Waals surface area (Å²) >= 11 is 2.80. The maximum absolute atomic E-state index is 12.1. The van der Waals surface area contributed by atoms with Crippen molar-refractivity contribution in [3.05, 3.63) is 39.4 Å². The van der Waals surface area contributed by atoms with Crippen LogP contribution in [0.4, 0.5) is 10.8 Å². The van der Waals surface area contributed by atoms with Gasteiger partial charge in [0.1, 0.15) is 0 Å². The minimum atomic E-state index is -0.507. The summed E-state index contributed by atoms with van der Waals surface area (Å²) in [5.74, 6) is 0.425.